The summed E-state index contributed by atoms with van der Waals surface area (Å²) in [6, 6.07) is 1.21. The molecule has 1 atom stereocenters. The van der Waals surface area contributed by atoms with Gasteiger partial charge < -0.3 is 10.2 Å². The Bertz CT molecular complexity index is 461. The Kier molecular flexibility index (Phi) is 5.89. The summed E-state index contributed by atoms with van der Waals surface area (Å²) in [6.07, 6.45) is -3.80. The summed E-state index contributed by atoms with van der Waals surface area (Å²) in [6.45, 7) is 2.64. The molecule has 1 heterocycles. The molecule has 118 valence electrons. The van der Waals surface area contributed by atoms with Crippen LogP contribution in [0.3, 0.4) is 0 Å². The lowest BCUT2D eigenvalue weighted by molar-refractivity contribution is -0.141. The summed E-state index contributed by atoms with van der Waals surface area (Å²) >= 11 is 0. The molecular weight excluding hydrogens is 287 g/mol. The Morgan fingerprint density at radius 1 is 1.33 bits per heavy atom. The van der Waals surface area contributed by atoms with Gasteiger partial charge in [0.2, 0.25) is 0 Å². The first-order valence-electron chi connectivity index (χ1n) is 6.31. The van der Waals surface area contributed by atoms with Crippen molar-refractivity contribution in [3.63, 3.8) is 0 Å². The summed E-state index contributed by atoms with van der Waals surface area (Å²) in [5.41, 5.74) is -1.10. The smallest absolute Gasteiger partial charge is 0.335 e. The second-order valence-corrected chi connectivity index (χ2v) is 4.89. The van der Waals surface area contributed by atoms with E-state index < -0.39 is 17.9 Å². The van der Waals surface area contributed by atoms with Gasteiger partial charge in [-0.2, -0.15) is 13.2 Å². The van der Waals surface area contributed by atoms with E-state index in [0.29, 0.717) is 0 Å². The normalized spacial score (nSPS) is 13.1. The topological polar surface area (TPSA) is 70.2 Å². The number of urea groups is 1. The summed E-state index contributed by atoms with van der Waals surface area (Å²) in [5, 5.41) is 11.3. The van der Waals surface area contributed by atoms with Crippen molar-refractivity contribution in [2.75, 3.05) is 26.0 Å². The predicted molar refractivity (Wildman–Crippen MR) is 71.8 cm³/mol. The molecule has 0 saturated carbocycles. The molecule has 0 aliphatic carbocycles. The minimum Gasteiger partial charge on any atom is -0.335 e. The van der Waals surface area contributed by atoms with E-state index in [0.717, 1.165) is 25.1 Å². The third-order valence-electron chi connectivity index (χ3n) is 2.58. The molecule has 9 heteroatoms. The molecule has 0 fully saturated rings. The maximum Gasteiger partial charge on any atom is 0.435 e. The summed E-state index contributed by atoms with van der Waals surface area (Å²) < 4.78 is 36.9. The number of carbonyl (C=O) groups is 1. The first-order valence-corrected chi connectivity index (χ1v) is 6.31. The van der Waals surface area contributed by atoms with Crippen LogP contribution >= 0.6 is 0 Å². The number of nitrogens with one attached hydrogen (secondary N) is 2. The highest BCUT2D eigenvalue weighted by atomic mass is 19.4. The van der Waals surface area contributed by atoms with E-state index in [-0.39, 0.29) is 11.9 Å². The van der Waals surface area contributed by atoms with Gasteiger partial charge in [-0.15, -0.1) is 10.2 Å². The van der Waals surface area contributed by atoms with Gasteiger partial charge in [0.15, 0.2) is 11.5 Å². The van der Waals surface area contributed by atoms with Crippen LogP contribution < -0.4 is 10.6 Å². The van der Waals surface area contributed by atoms with Crippen LogP contribution in [0.1, 0.15) is 19.0 Å². The van der Waals surface area contributed by atoms with Crippen molar-refractivity contribution in [1.29, 1.82) is 0 Å². The number of alkyl halides is 3. The number of halogens is 3. The zero-order chi connectivity index (χ0) is 16.0. The van der Waals surface area contributed by atoms with Gasteiger partial charge in [0.05, 0.1) is 0 Å². The van der Waals surface area contributed by atoms with Gasteiger partial charge in [-0.3, -0.25) is 5.32 Å². The van der Waals surface area contributed by atoms with Gasteiger partial charge in [-0.25, -0.2) is 4.79 Å². The number of aromatic nitrogens is 2. The number of carbonyl (C=O) groups excluding carboxylic acids is 1. The standard InChI is InChI=1S/C12H18F3N5O/c1-8(6-7-20(2)3)16-11(21)17-10-5-4-9(18-19-10)12(13,14)15/h4-5,8H,6-7H2,1-3H3,(H2,16,17,19,21)/t8-/m0/s1. The number of amides is 2. The quantitative estimate of drug-likeness (QED) is 0.872. The number of rotatable bonds is 5. The van der Waals surface area contributed by atoms with Crippen molar-refractivity contribution < 1.29 is 18.0 Å². The van der Waals surface area contributed by atoms with Gasteiger partial charge in [-0.05, 0) is 46.1 Å². The Labute approximate surface area is 120 Å². The number of anilines is 1. The molecule has 0 aromatic carbocycles. The minimum atomic E-state index is -4.55. The maximum absolute atomic E-state index is 12.3. The molecule has 0 aliphatic heterocycles. The fourth-order valence-corrected chi connectivity index (χ4v) is 1.45. The average molecular weight is 305 g/mol. The van der Waals surface area contributed by atoms with E-state index in [4.69, 9.17) is 0 Å². The molecule has 0 bridgehead atoms. The van der Waals surface area contributed by atoms with Crippen molar-refractivity contribution >= 4 is 11.8 Å². The highest BCUT2D eigenvalue weighted by Gasteiger charge is 2.32. The van der Waals surface area contributed by atoms with Gasteiger partial charge in [0.25, 0.3) is 0 Å². The molecular formula is C12H18F3N5O. The van der Waals surface area contributed by atoms with Gasteiger partial charge in [0.1, 0.15) is 0 Å². The Morgan fingerprint density at radius 2 is 2.00 bits per heavy atom. The van der Waals surface area contributed by atoms with E-state index in [1.54, 1.807) is 0 Å². The maximum atomic E-state index is 12.3. The van der Waals surface area contributed by atoms with Crippen molar-refractivity contribution in [2.45, 2.75) is 25.6 Å². The van der Waals surface area contributed by atoms with Crippen LogP contribution in [0.4, 0.5) is 23.8 Å². The first-order chi connectivity index (χ1) is 9.68. The average Bonchev–Trinajstić information content (AvgIpc) is 2.35. The molecule has 0 spiro atoms. The van der Waals surface area contributed by atoms with Crippen LogP contribution in [0, 0.1) is 0 Å². The second-order valence-electron chi connectivity index (χ2n) is 4.89. The molecule has 21 heavy (non-hydrogen) atoms. The van der Waals surface area contributed by atoms with Crippen molar-refractivity contribution in [2.24, 2.45) is 0 Å². The summed E-state index contributed by atoms with van der Waals surface area (Å²) in [4.78, 5) is 13.6. The largest absolute Gasteiger partial charge is 0.435 e. The van der Waals surface area contributed by atoms with Crippen LogP contribution in [-0.4, -0.2) is 47.8 Å². The lowest BCUT2D eigenvalue weighted by Crippen LogP contribution is -2.37. The lowest BCUT2D eigenvalue weighted by atomic mass is 10.2. The lowest BCUT2D eigenvalue weighted by Gasteiger charge is -2.16. The molecule has 1 rings (SSSR count). The Morgan fingerprint density at radius 3 is 2.48 bits per heavy atom. The first kappa shape index (κ1) is 17.2. The molecule has 1 aromatic heterocycles. The van der Waals surface area contributed by atoms with E-state index in [2.05, 4.69) is 20.8 Å². The molecule has 0 unspecified atom stereocenters. The minimum absolute atomic E-state index is 0.0414. The fraction of sp³-hybridized carbons (Fsp3) is 0.583. The third-order valence-corrected chi connectivity index (χ3v) is 2.58. The van der Waals surface area contributed by atoms with Crippen LogP contribution in [0.2, 0.25) is 0 Å². The van der Waals surface area contributed by atoms with E-state index in [1.807, 2.05) is 25.9 Å². The molecule has 0 aliphatic rings. The molecule has 2 amide bonds. The summed E-state index contributed by atoms with van der Waals surface area (Å²) in [5.74, 6) is -0.0414. The van der Waals surface area contributed by atoms with Crippen LogP contribution in [0.25, 0.3) is 0 Å². The molecule has 0 radical (unpaired) electrons. The van der Waals surface area contributed by atoms with Crippen LogP contribution in [0.15, 0.2) is 12.1 Å². The third kappa shape index (κ3) is 6.39. The van der Waals surface area contributed by atoms with E-state index in [9.17, 15) is 18.0 Å². The number of nitrogens with zero attached hydrogens (tertiary/aromatic N) is 3. The van der Waals surface area contributed by atoms with Gasteiger partial charge in [-0.1, -0.05) is 0 Å². The van der Waals surface area contributed by atoms with Crippen LogP contribution in [0.5, 0.6) is 0 Å². The molecule has 1 aromatic rings. The Balaban J connectivity index is 2.48. The van der Waals surface area contributed by atoms with E-state index in [1.165, 1.54) is 0 Å². The van der Waals surface area contributed by atoms with Crippen molar-refractivity contribution in [3.8, 4) is 0 Å². The van der Waals surface area contributed by atoms with Crippen molar-refractivity contribution in [3.05, 3.63) is 17.8 Å². The Hall–Kier alpha value is -1.90. The molecule has 2 N–H and O–H groups in total. The highest BCUT2D eigenvalue weighted by Crippen LogP contribution is 2.26. The summed E-state index contributed by atoms with van der Waals surface area (Å²) in [7, 11) is 3.84. The highest BCUT2D eigenvalue weighted by molar-refractivity contribution is 5.88. The van der Waals surface area contributed by atoms with Gasteiger partial charge >= 0.3 is 12.2 Å². The van der Waals surface area contributed by atoms with E-state index >= 15 is 0 Å². The zero-order valence-corrected chi connectivity index (χ0v) is 12.0. The monoisotopic (exact) mass is 305 g/mol. The number of hydrogen-bond acceptors (Lipinski definition) is 4. The predicted octanol–water partition coefficient (Wildman–Crippen LogP) is 1.96. The number of hydrogen-bond donors (Lipinski definition) is 2. The SMILES string of the molecule is C[C@@H](CCN(C)C)NC(=O)Nc1ccc(C(F)(F)F)nn1. The van der Waals surface area contributed by atoms with Gasteiger partial charge in [0, 0.05) is 6.04 Å². The van der Waals surface area contributed by atoms with Crippen molar-refractivity contribution in [1.82, 2.24) is 20.4 Å². The van der Waals surface area contributed by atoms with Crippen LogP contribution in [-0.2, 0) is 6.18 Å². The second kappa shape index (κ2) is 7.21. The molecule has 6 nitrogen and oxygen atoms in total. The zero-order valence-electron chi connectivity index (χ0n) is 12.0. The molecule has 0 saturated heterocycles. The fourth-order valence-electron chi connectivity index (χ4n) is 1.45.